The SMILES string of the molecule is CCCCCCN(S)C=O. The number of hydrogen-bond acceptors (Lipinski definition) is 2. The second-order valence-electron chi connectivity index (χ2n) is 2.33. The molecule has 0 radical (unpaired) electrons. The summed E-state index contributed by atoms with van der Waals surface area (Å²) in [6, 6.07) is 0. The molecule has 0 aromatic carbocycles. The maximum Gasteiger partial charge on any atom is 0.219 e. The molecule has 3 heteroatoms. The predicted octanol–water partition coefficient (Wildman–Crippen LogP) is 1.87. The Kier molecular flexibility index (Phi) is 6.81. The van der Waals surface area contributed by atoms with Gasteiger partial charge in [-0.25, -0.2) is 0 Å². The van der Waals surface area contributed by atoms with Crippen LogP contribution in [0.5, 0.6) is 0 Å². The van der Waals surface area contributed by atoms with E-state index in [2.05, 4.69) is 19.7 Å². The van der Waals surface area contributed by atoms with Gasteiger partial charge in [-0.2, -0.15) is 0 Å². The molecule has 0 unspecified atom stereocenters. The van der Waals surface area contributed by atoms with E-state index in [4.69, 9.17) is 0 Å². The second-order valence-corrected chi connectivity index (χ2v) is 2.84. The second kappa shape index (κ2) is 6.93. The van der Waals surface area contributed by atoms with Gasteiger partial charge in [-0.3, -0.25) is 9.10 Å². The van der Waals surface area contributed by atoms with Crippen molar-refractivity contribution in [3.63, 3.8) is 0 Å². The molecule has 0 atom stereocenters. The maximum absolute atomic E-state index is 10.0. The largest absolute Gasteiger partial charge is 0.292 e. The summed E-state index contributed by atoms with van der Waals surface area (Å²) < 4.78 is 1.38. The number of thiol groups is 1. The van der Waals surface area contributed by atoms with Crippen molar-refractivity contribution in [2.75, 3.05) is 6.54 Å². The Morgan fingerprint density at radius 1 is 1.40 bits per heavy atom. The Balaban J connectivity index is 2.95. The average molecular weight is 161 g/mol. The Hall–Kier alpha value is -0.180. The average Bonchev–Trinajstić information content (AvgIpc) is 1.98. The van der Waals surface area contributed by atoms with E-state index in [0.29, 0.717) is 0 Å². The number of nitrogens with zero attached hydrogens (tertiary/aromatic N) is 1. The van der Waals surface area contributed by atoms with Gasteiger partial charge >= 0.3 is 0 Å². The quantitative estimate of drug-likeness (QED) is 0.358. The first-order chi connectivity index (χ1) is 4.81. The minimum absolute atomic E-state index is 0.745. The molecule has 0 N–H and O–H groups in total. The molecule has 0 aromatic heterocycles. The van der Waals surface area contributed by atoms with E-state index >= 15 is 0 Å². The van der Waals surface area contributed by atoms with Gasteiger partial charge in [0.1, 0.15) is 0 Å². The van der Waals surface area contributed by atoms with Crippen LogP contribution in [-0.2, 0) is 4.79 Å². The summed E-state index contributed by atoms with van der Waals surface area (Å²) in [5.41, 5.74) is 0. The van der Waals surface area contributed by atoms with Crippen molar-refractivity contribution in [3.8, 4) is 0 Å². The van der Waals surface area contributed by atoms with Gasteiger partial charge in [0.15, 0.2) is 0 Å². The van der Waals surface area contributed by atoms with Crippen molar-refractivity contribution in [3.05, 3.63) is 0 Å². The topological polar surface area (TPSA) is 20.3 Å². The molecule has 0 aliphatic heterocycles. The molecule has 0 aliphatic carbocycles. The number of amides is 1. The molecular formula is C7H15NOS. The highest BCUT2D eigenvalue weighted by Gasteiger charge is 1.92. The minimum atomic E-state index is 0.745. The van der Waals surface area contributed by atoms with Crippen LogP contribution in [0.1, 0.15) is 32.6 Å². The molecule has 2 nitrogen and oxygen atoms in total. The van der Waals surface area contributed by atoms with Crippen LogP contribution in [0, 0.1) is 0 Å². The van der Waals surface area contributed by atoms with Crippen molar-refractivity contribution in [1.82, 2.24) is 4.31 Å². The first-order valence-electron chi connectivity index (χ1n) is 3.72. The molecule has 0 spiro atoms. The third-order valence-electron chi connectivity index (χ3n) is 1.36. The lowest BCUT2D eigenvalue weighted by Crippen LogP contribution is -2.10. The van der Waals surface area contributed by atoms with Crippen LogP contribution in [0.4, 0.5) is 0 Å². The lowest BCUT2D eigenvalue weighted by Gasteiger charge is -2.06. The van der Waals surface area contributed by atoms with E-state index in [1.807, 2.05) is 0 Å². The van der Waals surface area contributed by atoms with Crippen LogP contribution in [0.15, 0.2) is 0 Å². The normalized spacial score (nSPS) is 9.40. The van der Waals surface area contributed by atoms with Gasteiger partial charge in [0, 0.05) is 6.54 Å². The first kappa shape index (κ1) is 9.82. The van der Waals surface area contributed by atoms with Gasteiger partial charge in [-0.1, -0.05) is 39.0 Å². The highest BCUT2D eigenvalue weighted by Crippen LogP contribution is 2.00. The van der Waals surface area contributed by atoms with Crippen LogP contribution >= 0.6 is 12.8 Å². The van der Waals surface area contributed by atoms with E-state index in [1.54, 1.807) is 0 Å². The maximum atomic E-state index is 10.0. The van der Waals surface area contributed by atoms with Crippen LogP contribution in [0.3, 0.4) is 0 Å². The molecule has 1 amide bonds. The Labute approximate surface area is 68.1 Å². The number of unbranched alkanes of at least 4 members (excludes halogenated alkanes) is 3. The van der Waals surface area contributed by atoms with E-state index < -0.39 is 0 Å². The smallest absolute Gasteiger partial charge is 0.219 e. The zero-order valence-electron chi connectivity index (χ0n) is 6.42. The highest BCUT2D eigenvalue weighted by molar-refractivity contribution is 7.78. The third-order valence-corrected chi connectivity index (χ3v) is 1.66. The molecule has 10 heavy (non-hydrogen) atoms. The van der Waals surface area contributed by atoms with E-state index in [1.165, 1.54) is 23.6 Å². The van der Waals surface area contributed by atoms with Crippen molar-refractivity contribution < 1.29 is 4.79 Å². The zero-order chi connectivity index (χ0) is 7.82. The summed E-state index contributed by atoms with van der Waals surface area (Å²) >= 11 is 3.90. The highest BCUT2D eigenvalue weighted by atomic mass is 32.1. The number of hydrogen-bond donors (Lipinski definition) is 1. The molecule has 0 saturated heterocycles. The number of carbonyl (C=O) groups is 1. The fraction of sp³-hybridized carbons (Fsp3) is 0.857. The Morgan fingerprint density at radius 3 is 2.60 bits per heavy atom. The zero-order valence-corrected chi connectivity index (χ0v) is 7.31. The lowest BCUT2D eigenvalue weighted by molar-refractivity contribution is -0.113. The van der Waals surface area contributed by atoms with Crippen molar-refractivity contribution in [1.29, 1.82) is 0 Å². The van der Waals surface area contributed by atoms with Gasteiger partial charge in [0.2, 0.25) is 6.41 Å². The first-order valence-corrected chi connectivity index (χ1v) is 4.12. The Morgan fingerprint density at radius 2 is 2.10 bits per heavy atom. The third kappa shape index (κ3) is 5.95. The summed E-state index contributed by atoms with van der Waals surface area (Å²) in [5, 5.41) is 0. The molecule has 60 valence electrons. The summed E-state index contributed by atoms with van der Waals surface area (Å²) in [6.07, 6.45) is 5.49. The van der Waals surface area contributed by atoms with Crippen LogP contribution in [0.25, 0.3) is 0 Å². The predicted molar refractivity (Wildman–Crippen MR) is 45.9 cm³/mol. The van der Waals surface area contributed by atoms with Gasteiger partial charge in [-0.15, -0.1) is 0 Å². The molecule has 0 fully saturated rings. The fourth-order valence-corrected chi connectivity index (χ4v) is 0.895. The summed E-state index contributed by atoms with van der Waals surface area (Å²) in [6.45, 7) is 2.94. The van der Waals surface area contributed by atoms with E-state index in [-0.39, 0.29) is 0 Å². The summed E-state index contributed by atoms with van der Waals surface area (Å²) in [5.74, 6) is 0. The minimum Gasteiger partial charge on any atom is -0.292 e. The van der Waals surface area contributed by atoms with Gasteiger partial charge in [0.05, 0.1) is 0 Å². The summed E-state index contributed by atoms with van der Waals surface area (Å²) in [7, 11) is 0. The number of rotatable bonds is 6. The number of carbonyl (C=O) groups excluding carboxylic acids is 1. The molecule has 0 bridgehead atoms. The van der Waals surface area contributed by atoms with E-state index in [9.17, 15) is 4.79 Å². The van der Waals surface area contributed by atoms with Crippen LogP contribution in [0.2, 0.25) is 0 Å². The van der Waals surface area contributed by atoms with Crippen LogP contribution in [-0.4, -0.2) is 17.3 Å². The van der Waals surface area contributed by atoms with Gasteiger partial charge in [-0.05, 0) is 6.42 Å². The van der Waals surface area contributed by atoms with Gasteiger partial charge in [0.25, 0.3) is 0 Å². The lowest BCUT2D eigenvalue weighted by atomic mass is 10.2. The molecule has 0 saturated carbocycles. The van der Waals surface area contributed by atoms with Crippen LogP contribution < -0.4 is 0 Å². The van der Waals surface area contributed by atoms with Crippen molar-refractivity contribution in [2.24, 2.45) is 0 Å². The monoisotopic (exact) mass is 161 g/mol. The van der Waals surface area contributed by atoms with E-state index in [0.717, 1.165) is 19.4 Å². The molecular weight excluding hydrogens is 146 g/mol. The Bertz CT molecular complexity index is 87.7. The summed E-state index contributed by atoms with van der Waals surface area (Å²) in [4.78, 5) is 10.0. The molecule has 0 aromatic rings. The fourth-order valence-electron chi connectivity index (χ4n) is 0.753. The molecule has 0 heterocycles. The molecule has 0 aliphatic rings. The van der Waals surface area contributed by atoms with Crippen molar-refractivity contribution >= 4 is 19.2 Å². The van der Waals surface area contributed by atoms with Gasteiger partial charge < -0.3 is 0 Å². The van der Waals surface area contributed by atoms with Crippen molar-refractivity contribution in [2.45, 2.75) is 32.6 Å². The standard InChI is InChI=1S/C7H15NOS/c1-2-3-4-5-6-8(10)7-9/h7,10H,2-6H2,1H3. The molecule has 0 rings (SSSR count).